The maximum Gasteiger partial charge on any atom is 0.318 e. The highest BCUT2D eigenvalue weighted by Gasteiger charge is 2.45. The number of hydrogen-bond acceptors (Lipinski definition) is 2. The lowest BCUT2D eigenvalue weighted by molar-refractivity contribution is 0.170. The number of amides is 2. The molecular weight excluding hydrogens is 286 g/mol. The molecule has 1 aromatic rings. The third-order valence-corrected chi connectivity index (χ3v) is 4.53. The summed E-state index contributed by atoms with van der Waals surface area (Å²) in [6.45, 7) is 5.24. The van der Waals surface area contributed by atoms with Crippen LogP contribution in [0, 0.1) is 5.92 Å². The summed E-state index contributed by atoms with van der Waals surface area (Å²) in [7, 11) is 5.99. The molecule has 0 spiro atoms. The smallest absolute Gasteiger partial charge is 0.318 e. The molecule has 1 N–H and O–H groups in total. The zero-order valence-electron chi connectivity index (χ0n) is 15.2. The molecule has 4 heteroatoms. The maximum absolute atomic E-state index is 12.8. The van der Waals surface area contributed by atoms with E-state index in [1.165, 1.54) is 5.56 Å². The van der Waals surface area contributed by atoms with E-state index in [1.807, 2.05) is 44.2 Å². The second kappa shape index (κ2) is 7.35. The first-order valence-electron chi connectivity index (χ1n) is 8.58. The Morgan fingerprint density at radius 1 is 1.17 bits per heavy atom. The monoisotopic (exact) mass is 317 g/mol. The van der Waals surface area contributed by atoms with E-state index < -0.39 is 0 Å². The lowest BCUT2D eigenvalue weighted by Gasteiger charge is -2.33. The van der Waals surface area contributed by atoms with Gasteiger partial charge in [-0.1, -0.05) is 44.2 Å². The molecule has 1 atom stereocenters. The molecule has 0 saturated heterocycles. The molecule has 0 bridgehead atoms. The zero-order valence-corrected chi connectivity index (χ0v) is 15.2. The Bertz CT molecular complexity index is 509. The number of hydrogen-bond donors (Lipinski definition) is 1. The van der Waals surface area contributed by atoms with Gasteiger partial charge in [0, 0.05) is 19.1 Å². The second-order valence-electron chi connectivity index (χ2n) is 7.61. The van der Waals surface area contributed by atoms with Crippen molar-refractivity contribution in [1.29, 1.82) is 0 Å². The van der Waals surface area contributed by atoms with Crippen LogP contribution >= 0.6 is 0 Å². The van der Waals surface area contributed by atoms with Crippen molar-refractivity contribution in [3.63, 3.8) is 0 Å². The normalized spacial score (nSPS) is 17.2. The molecule has 23 heavy (non-hydrogen) atoms. The molecule has 128 valence electrons. The summed E-state index contributed by atoms with van der Waals surface area (Å²) in [6.07, 6.45) is 3.28. The molecule has 4 nitrogen and oxygen atoms in total. The van der Waals surface area contributed by atoms with Gasteiger partial charge in [0.05, 0.1) is 6.04 Å². The number of urea groups is 1. The zero-order chi connectivity index (χ0) is 17.0. The molecule has 1 saturated carbocycles. The van der Waals surface area contributed by atoms with Crippen molar-refractivity contribution in [2.75, 3.05) is 27.7 Å². The molecule has 0 aliphatic heterocycles. The third-order valence-electron chi connectivity index (χ3n) is 4.53. The average Bonchev–Trinajstić information content (AvgIpc) is 3.23. The fourth-order valence-corrected chi connectivity index (χ4v) is 3.24. The van der Waals surface area contributed by atoms with E-state index in [-0.39, 0.29) is 17.6 Å². The highest BCUT2D eigenvalue weighted by Crippen LogP contribution is 2.41. The first kappa shape index (κ1) is 17.8. The van der Waals surface area contributed by atoms with Crippen molar-refractivity contribution in [3.05, 3.63) is 35.9 Å². The largest absolute Gasteiger partial charge is 0.333 e. The van der Waals surface area contributed by atoms with Gasteiger partial charge in [0.2, 0.25) is 0 Å². The van der Waals surface area contributed by atoms with Gasteiger partial charge in [-0.2, -0.15) is 0 Å². The van der Waals surface area contributed by atoms with Gasteiger partial charge in [-0.25, -0.2) is 4.79 Å². The SMILES string of the molecule is CC(C)CC1(NC(=O)N(C)[C@@H](CN(C)C)c2ccccc2)CC1. The first-order valence-corrected chi connectivity index (χ1v) is 8.58. The molecule has 2 rings (SSSR count). The Labute approximate surface area is 140 Å². The number of rotatable bonds is 7. The van der Waals surface area contributed by atoms with Gasteiger partial charge in [0.15, 0.2) is 0 Å². The van der Waals surface area contributed by atoms with E-state index in [9.17, 15) is 4.79 Å². The van der Waals surface area contributed by atoms with Crippen LogP contribution in [0.4, 0.5) is 4.79 Å². The highest BCUT2D eigenvalue weighted by atomic mass is 16.2. The number of carbonyl (C=O) groups is 1. The Kier molecular flexibility index (Phi) is 5.69. The fraction of sp³-hybridized carbons (Fsp3) is 0.632. The molecule has 1 aliphatic carbocycles. The van der Waals surface area contributed by atoms with Gasteiger partial charge in [-0.3, -0.25) is 0 Å². The van der Waals surface area contributed by atoms with Crippen LogP contribution in [-0.2, 0) is 0 Å². The van der Waals surface area contributed by atoms with Crippen LogP contribution in [-0.4, -0.2) is 49.1 Å². The number of nitrogens with zero attached hydrogens (tertiary/aromatic N) is 2. The summed E-state index contributed by atoms with van der Waals surface area (Å²) in [5, 5.41) is 3.29. The summed E-state index contributed by atoms with van der Waals surface area (Å²) in [6, 6.07) is 10.4. The maximum atomic E-state index is 12.8. The van der Waals surface area contributed by atoms with Crippen LogP contribution in [0.15, 0.2) is 30.3 Å². The topological polar surface area (TPSA) is 35.6 Å². The molecule has 0 radical (unpaired) electrons. The van der Waals surface area contributed by atoms with Gasteiger partial charge in [0.1, 0.15) is 0 Å². The highest BCUT2D eigenvalue weighted by molar-refractivity contribution is 5.76. The molecule has 0 unspecified atom stereocenters. The quantitative estimate of drug-likeness (QED) is 0.835. The van der Waals surface area contributed by atoms with Crippen LogP contribution in [0.25, 0.3) is 0 Å². The van der Waals surface area contributed by atoms with Crippen molar-refractivity contribution < 1.29 is 4.79 Å². The van der Waals surface area contributed by atoms with Crippen LogP contribution in [0.3, 0.4) is 0 Å². The van der Waals surface area contributed by atoms with E-state index >= 15 is 0 Å². The minimum atomic E-state index is 0.0405. The van der Waals surface area contributed by atoms with Crippen LogP contribution < -0.4 is 5.32 Å². The van der Waals surface area contributed by atoms with Gasteiger partial charge in [-0.15, -0.1) is 0 Å². The lowest BCUT2D eigenvalue weighted by Crippen LogP contribution is -2.48. The van der Waals surface area contributed by atoms with E-state index in [1.54, 1.807) is 0 Å². The minimum Gasteiger partial charge on any atom is -0.333 e. The summed E-state index contributed by atoms with van der Waals surface area (Å²) >= 11 is 0. The molecular formula is C19H31N3O. The van der Waals surface area contributed by atoms with Crippen molar-refractivity contribution in [2.45, 2.75) is 44.7 Å². The number of nitrogens with one attached hydrogen (secondary N) is 1. The predicted octanol–water partition coefficient (Wildman–Crippen LogP) is 3.51. The summed E-state index contributed by atoms with van der Waals surface area (Å²) in [4.78, 5) is 16.8. The summed E-state index contributed by atoms with van der Waals surface area (Å²) < 4.78 is 0. The van der Waals surface area contributed by atoms with E-state index in [2.05, 4.69) is 36.2 Å². The molecule has 0 heterocycles. The predicted molar refractivity (Wildman–Crippen MR) is 95.5 cm³/mol. The molecule has 0 aromatic heterocycles. The molecule has 2 amide bonds. The number of benzene rings is 1. The Morgan fingerprint density at radius 2 is 1.78 bits per heavy atom. The van der Waals surface area contributed by atoms with Crippen molar-refractivity contribution in [1.82, 2.24) is 15.1 Å². The average molecular weight is 317 g/mol. The van der Waals surface area contributed by atoms with Crippen LogP contribution in [0.2, 0.25) is 0 Å². The summed E-state index contributed by atoms with van der Waals surface area (Å²) in [5.74, 6) is 0.606. The van der Waals surface area contributed by atoms with E-state index in [0.29, 0.717) is 5.92 Å². The third kappa shape index (κ3) is 4.96. The second-order valence-corrected chi connectivity index (χ2v) is 7.61. The van der Waals surface area contributed by atoms with Gasteiger partial charge in [0.25, 0.3) is 0 Å². The Hall–Kier alpha value is -1.55. The van der Waals surface area contributed by atoms with E-state index in [0.717, 1.165) is 25.8 Å². The molecule has 1 aromatic carbocycles. The van der Waals surface area contributed by atoms with E-state index in [4.69, 9.17) is 0 Å². The summed E-state index contributed by atoms with van der Waals surface area (Å²) in [5.41, 5.74) is 1.21. The molecule has 1 fully saturated rings. The lowest BCUT2D eigenvalue weighted by atomic mass is 10.0. The fourth-order valence-electron chi connectivity index (χ4n) is 3.24. The van der Waals surface area contributed by atoms with Crippen LogP contribution in [0.1, 0.15) is 44.7 Å². The van der Waals surface area contributed by atoms with Gasteiger partial charge in [-0.05, 0) is 44.8 Å². The number of carbonyl (C=O) groups excluding carboxylic acids is 1. The van der Waals surface area contributed by atoms with Gasteiger partial charge < -0.3 is 15.1 Å². The minimum absolute atomic E-state index is 0.0405. The van der Waals surface area contributed by atoms with Crippen molar-refractivity contribution in [2.24, 2.45) is 5.92 Å². The molecule has 1 aliphatic rings. The standard InChI is InChI=1S/C19H31N3O/c1-15(2)13-19(11-12-19)20-18(23)22(5)17(14-21(3)4)16-9-7-6-8-10-16/h6-10,15,17H,11-14H2,1-5H3,(H,20,23)/t17-/m0/s1. The number of likely N-dealkylation sites (N-methyl/N-ethyl adjacent to an activating group) is 2. The van der Waals surface area contributed by atoms with Gasteiger partial charge >= 0.3 is 6.03 Å². The Morgan fingerprint density at radius 3 is 2.26 bits per heavy atom. The van der Waals surface area contributed by atoms with Crippen LogP contribution in [0.5, 0.6) is 0 Å². The first-order chi connectivity index (χ1) is 10.8. The Balaban J connectivity index is 2.08. The van der Waals surface area contributed by atoms with Crippen molar-refractivity contribution in [3.8, 4) is 0 Å². The van der Waals surface area contributed by atoms with Crippen molar-refractivity contribution >= 4 is 6.03 Å².